The Balaban J connectivity index is 5.38. The van der Waals surface area contributed by atoms with Crippen molar-refractivity contribution in [2.45, 2.75) is 270 Å². The first-order valence-electron chi connectivity index (χ1n) is 28.5. The van der Waals surface area contributed by atoms with E-state index in [1.165, 1.54) is 148 Å². The molecule has 0 heterocycles. The molecule has 0 aliphatic rings. The first kappa shape index (κ1) is 66.0. The lowest BCUT2D eigenvalue weighted by molar-refractivity contribution is -0.870. The van der Waals surface area contributed by atoms with E-state index in [9.17, 15) is 19.0 Å². The van der Waals surface area contributed by atoms with Gasteiger partial charge in [-0.2, -0.15) is 0 Å². The zero-order valence-corrected chi connectivity index (χ0v) is 46.2. The van der Waals surface area contributed by atoms with Gasteiger partial charge in [0.2, 0.25) is 5.91 Å². The third-order valence-corrected chi connectivity index (χ3v) is 13.5. The van der Waals surface area contributed by atoms with Crippen LogP contribution in [0.25, 0.3) is 0 Å². The summed E-state index contributed by atoms with van der Waals surface area (Å²) in [5.41, 5.74) is 0. The number of amides is 1. The van der Waals surface area contributed by atoms with Crippen molar-refractivity contribution in [1.29, 1.82) is 0 Å². The van der Waals surface area contributed by atoms with Gasteiger partial charge < -0.3 is 28.5 Å². The Hall–Kier alpha value is -2.03. The summed E-state index contributed by atoms with van der Waals surface area (Å²) in [5, 5.41) is 3.02. The molecule has 0 fully saturated rings. The predicted molar refractivity (Wildman–Crippen MR) is 289 cm³/mol. The number of esters is 1. The van der Waals surface area contributed by atoms with E-state index in [-0.39, 0.29) is 24.9 Å². The van der Waals surface area contributed by atoms with Gasteiger partial charge in [0, 0.05) is 12.8 Å². The number of carbonyl (C=O) groups is 2. The highest BCUT2D eigenvalue weighted by atomic mass is 31.2. The molecule has 0 aromatic rings. The van der Waals surface area contributed by atoms with Crippen LogP contribution < -0.4 is 10.2 Å². The van der Waals surface area contributed by atoms with E-state index in [0.717, 1.165) is 77.0 Å². The third kappa shape index (κ3) is 49.0. The summed E-state index contributed by atoms with van der Waals surface area (Å²) >= 11 is 0. The zero-order valence-electron chi connectivity index (χ0n) is 45.3. The number of rotatable bonds is 51. The van der Waals surface area contributed by atoms with Gasteiger partial charge in [0.25, 0.3) is 7.82 Å². The molecular weight excluding hydrogens is 868 g/mol. The van der Waals surface area contributed by atoms with Crippen molar-refractivity contribution in [3.63, 3.8) is 0 Å². The van der Waals surface area contributed by atoms with Gasteiger partial charge in [-0.05, 0) is 51.0 Å². The minimum Gasteiger partial charge on any atom is -0.756 e. The molecule has 0 aromatic heterocycles. The number of phosphoric ester groups is 1. The summed E-state index contributed by atoms with van der Waals surface area (Å²) in [6, 6.07) is -0.891. The Morgan fingerprint density at radius 2 is 0.941 bits per heavy atom. The first-order valence-corrected chi connectivity index (χ1v) is 29.9. The number of ether oxygens (including phenoxy) is 1. The van der Waals surface area contributed by atoms with Crippen LogP contribution >= 0.6 is 7.82 Å². The van der Waals surface area contributed by atoms with E-state index in [1.54, 1.807) is 0 Å². The number of phosphoric acid groups is 1. The quantitative estimate of drug-likeness (QED) is 0.0161. The van der Waals surface area contributed by atoms with E-state index in [0.29, 0.717) is 17.4 Å². The summed E-state index contributed by atoms with van der Waals surface area (Å²) in [4.78, 5) is 39.8. The van der Waals surface area contributed by atoms with Crippen molar-refractivity contribution in [2.24, 2.45) is 0 Å². The summed E-state index contributed by atoms with van der Waals surface area (Å²) < 4.78 is 30.2. The number of nitrogens with zero attached hydrogens (tertiary/aromatic N) is 1. The smallest absolute Gasteiger partial charge is 0.306 e. The van der Waals surface area contributed by atoms with Crippen LogP contribution in [0.2, 0.25) is 0 Å². The lowest BCUT2D eigenvalue weighted by Crippen LogP contribution is -2.47. The summed E-state index contributed by atoms with van der Waals surface area (Å²) in [5.74, 6) is -0.548. The van der Waals surface area contributed by atoms with E-state index >= 15 is 0 Å². The Kier molecular flexibility index (Phi) is 47.1. The monoisotopic (exact) mass is 977 g/mol. The van der Waals surface area contributed by atoms with Crippen LogP contribution in [0.1, 0.15) is 258 Å². The summed E-state index contributed by atoms with van der Waals surface area (Å²) in [6.45, 7) is 6.71. The van der Waals surface area contributed by atoms with Crippen molar-refractivity contribution in [3.05, 3.63) is 48.6 Å². The van der Waals surface area contributed by atoms with E-state index < -0.39 is 26.6 Å². The van der Waals surface area contributed by atoms with Gasteiger partial charge in [0.1, 0.15) is 19.3 Å². The van der Waals surface area contributed by atoms with Crippen LogP contribution in [0.3, 0.4) is 0 Å². The minimum atomic E-state index is -4.69. The number of hydrogen-bond donors (Lipinski definition) is 1. The maximum absolute atomic E-state index is 13.5. The van der Waals surface area contributed by atoms with Crippen LogP contribution in [0.4, 0.5) is 0 Å². The van der Waals surface area contributed by atoms with Crippen LogP contribution in [0, 0.1) is 0 Å². The summed E-state index contributed by atoms with van der Waals surface area (Å²) in [7, 11) is 1.18. The molecule has 0 aromatic carbocycles. The van der Waals surface area contributed by atoms with Crippen LogP contribution in [-0.4, -0.2) is 69.4 Å². The first-order chi connectivity index (χ1) is 32.9. The van der Waals surface area contributed by atoms with Gasteiger partial charge in [-0.25, -0.2) is 0 Å². The Morgan fingerprint density at radius 1 is 0.529 bits per heavy atom. The van der Waals surface area contributed by atoms with Gasteiger partial charge in [0.15, 0.2) is 0 Å². The fraction of sp³-hybridized carbons (Fsp3) is 0.828. The summed E-state index contributed by atoms with van der Waals surface area (Å²) in [6.07, 6.45) is 57.8. The van der Waals surface area contributed by atoms with Gasteiger partial charge in [-0.15, -0.1) is 0 Å². The second-order valence-electron chi connectivity index (χ2n) is 20.5. The average molecular weight is 977 g/mol. The normalized spacial score (nSPS) is 14.2. The SMILES string of the molecule is CC/C=C/C=C/C=C/CCCCCCCCCC(=O)NC(COP(=O)([O-])OCC[N+](C)(C)C)C(/C=C/CCCCCCCCCCCCC)OC(=O)CCCCCCCCCCCCCCCC. The highest BCUT2D eigenvalue weighted by molar-refractivity contribution is 7.45. The lowest BCUT2D eigenvalue weighted by Gasteiger charge is -2.30. The molecule has 0 rings (SSSR count). The standard InChI is InChI=1S/C58H109N2O7P/c1-7-10-13-16-19-22-25-28-30-32-35-38-41-44-47-50-57(61)59-55(54-66-68(63,64)65-53-52-60(4,5)6)56(49-46-43-40-37-34-31-27-24-21-18-15-12-9-3)67-58(62)51-48-45-42-39-36-33-29-26-23-20-17-14-11-8-2/h10,13,16,19,22,25,46,49,55-56H,7-9,11-12,14-15,17-18,20-21,23-24,26-45,47-48,50-54H2,1-6H3,(H-,59,61,63,64)/b13-10+,19-16+,25-22+,49-46+. The number of quaternary nitrogens is 1. The van der Waals surface area contributed by atoms with Gasteiger partial charge in [-0.1, -0.05) is 243 Å². The second kappa shape index (κ2) is 48.6. The number of allylic oxidation sites excluding steroid dienone is 7. The minimum absolute atomic E-state index is 0.0242. The van der Waals surface area contributed by atoms with Gasteiger partial charge in [-0.3, -0.25) is 14.2 Å². The molecule has 1 N–H and O–H groups in total. The Morgan fingerprint density at radius 3 is 1.40 bits per heavy atom. The number of likely N-dealkylation sites (N-methyl/N-ethyl adjacent to an activating group) is 1. The molecule has 68 heavy (non-hydrogen) atoms. The molecule has 0 saturated carbocycles. The highest BCUT2D eigenvalue weighted by Crippen LogP contribution is 2.38. The Labute approximate surface area is 420 Å². The molecule has 10 heteroatoms. The van der Waals surface area contributed by atoms with Crippen LogP contribution in [-0.2, 0) is 27.9 Å². The molecular formula is C58H109N2O7P. The second-order valence-corrected chi connectivity index (χ2v) is 21.9. The third-order valence-electron chi connectivity index (χ3n) is 12.6. The molecule has 0 radical (unpaired) electrons. The van der Waals surface area contributed by atoms with Gasteiger partial charge >= 0.3 is 5.97 Å². The highest BCUT2D eigenvalue weighted by Gasteiger charge is 2.27. The molecule has 0 bridgehead atoms. The molecule has 1 amide bonds. The molecule has 398 valence electrons. The average Bonchev–Trinajstić information content (AvgIpc) is 3.29. The van der Waals surface area contributed by atoms with Crippen molar-refractivity contribution in [3.8, 4) is 0 Å². The van der Waals surface area contributed by atoms with Crippen molar-refractivity contribution < 1.29 is 37.3 Å². The fourth-order valence-electron chi connectivity index (χ4n) is 8.17. The number of hydrogen-bond acceptors (Lipinski definition) is 7. The maximum atomic E-state index is 13.5. The van der Waals surface area contributed by atoms with E-state index in [4.69, 9.17) is 13.8 Å². The van der Waals surface area contributed by atoms with Crippen molar-refractivity contribution in [2.75, 3.05) is 40.9 Å². The van der Waals surface area contributed by atoms with E-state index in [2.05, 4.69) is 62.5 Å². The lowest BCUT2D eigenvalue weighted by atomic mass is 10.0. The number of nitrogens with one attached hydrogen (secondary N) is 1. The Bertz CT molecular complexity index is 1310. The number of unbranched alkanes of at least 4 members (excludes halogenated alkanes) is 31. The topological polar surface area (TPSA) is 114 Å². The van der Waals surface area contributed by atoms with E-state index in [1.807, 2.05) is 33.3 Å². The molecule has 0 saturated heterocycles. The van der Waals surface area contributed by atoms with Crippen molar-refractivity contribution >= 4 is 19.7 Å². The van der Waals surface area contributed by atoms with Crippen LogP contribution in [0.5, 0.6) is 0 Å². The van der Waals surface area contributed by atoms with Crippen LogP contribution in [0.15, 0.2) is 48.6 Å². The molecule has 0 aliphatic carbocycles. The van der Waals surface area contributed by atoms with Crippen molar-refractivity contribution in [1.82, 2.24) is 5.32 Å². The molecule has 3 unspecified atom stereocenters. The fourth-order valence-corrected chi connectivity index (χ4v) is 8.89. The number of carbonyl (C=O) groups excluding carboxylic acids is 2. The largest absolute Gasteiger partial charge is 0.756 e. The predicted octanol–water partition coefficient (Wildman–Crippen LogP) is 16.3. The maximum Gasteiger partial charge on any atom is 0.306 e. The zero-order chi connectivity index (χ0) is 50.1. The molecule has 9 nitrogen and oxygen atoms in total. The van der Waals surface area contributed by atoms with Gasteiger partial charge in [0.05, 0.1) is 33.8 Å². The molecule has 0 spiro atoms. The molecule has 3 atom stereocenters. The molecule has 0 aliphatic heterocycles.